The number of hydrogen-bond acceptors (Lipinski definition) is 3. The molecule has 0 bridgehead atoms. The maximum absolute atomic E-state index is 14.0. The van der Waals surface area contributed by atoms with Crippen LogP contribution in [0.25, 0.3) is 11.1 Å². The van der Waals surface area contributed by atoms with Crippen molar-refractivity contribution >= 4 is 11.8 Å². The van der Waals surface area contributed by atoms with Crippen LogP contribution in [0.2, 0.25) is 0 Å². The number of carbonyl (C=O) groups is 2. The number of fused-ring (bicyclic) bond motifs is 3. The van der Waals surface area contributed by atoms with Crippen LogP contribution in [0.5, 0.6) is 5.75 Å². The number of benzene rings is 3. The van der Waals surface area contributed by atoms with Crippen LogP contribution in [-0.4, -0.2) is 29.9 Å². The first-order chi connectivity index (χ1) is 16.7. The third-order valence-corrected chi connectivity index (χ3v) is 6.99. The number of ether oxygens (including phenoxy) is 1. The Bertz CT molecular complexity index is 1180. The lowest BCUT2D eigenvalue weighted by Gasteiger charge is -2.33. The van der Waals surface area contributed by atoms with Crippen molar-refractivity contribution in [3.63, 3.8) is 0 Å². The number of nitrogens with one attached hydrogen (secondary N) is 1. The molecule has 1 saturated carbocycles. The van der Waals surface area contributed by atoms with Gasteiger partial charge in [-0.1, -0.05) is 73.9 Å². The summed E-state index contributed by atoms with van der Waals surface area (Å²) in [6, 6.07) is 22.7. The zero-order valence-electron chi connectivity index (χ0n) is 19.5. The molecule has 1 fully saturated rings. The minimum Gasteiger partial charge on any atom is -0.497 e. The van der Waals surface area contributed by atoms with E-state index in [0.29, 0.717) is 12.1 Å². The van der Waals surface area contributed by atoms with Crippen LogP contribution in [-0.2, 0) is 11.3 Å². The molecule has 1 unspecified atom stereocenters. The van der Waals surface area contributed by atoms with Gasteiger partial charge in [0, 0.05) is 18.2 Å². The predicted molar refractivity (Wildman–Crippen MR) is 133 cm³/mol. The van der Waals surface area contributed by atoms with Crippen LogP contribution in [0.3, 0.4) is 0 Å². The molecule has 34 heavy (non-hydrogen) atoms. The third kappa shape index (κ3) is 4.30. The molecule has 1 aliphatic heterocycles. The van der Waals surface area contributed by atoms with Crippen LogP contribution < -0.4 is 10.1 Å². The van der Waals surface area contributed by atoms with E-state index < -0.39 is 6.04 Å². The largest absolute Gasteiger partial charge is 0.497 e. The summed E-state index contributed by atoms with van der Waals surface area (Å²) in [7, 11) is 1.63. The van der Waals surface area contributed by atoms with Crippen molar-refractivity contribution in [2.24, 2.45) is 0 Å². The van der Waals surface area contributed by atoms with Gasteiger partial charge in [0.15, 0.2) is 0 Å². The van der Waals surface area contributed by atoms with Gasteiger partial charge < -0.3 is 15.0 Å². The van der Waals surface area contributed by atoms with Crippen LogP contribution in [0, 0.1) is 0 Å². The molecule has 1 atom stereocenters. The van der Waals surface area contributed by atoms with Crippen molar-refractivity contribution in [1.82, 2.24) is 10.2 Å². The minimum absolute atomic E-state index is 0.103. The zero-order chi connectivity index (χ0) is 23.5. The summed E-state index contributed by atoms with van der Waals surface area (Å²) < 4.78 is 5.29. The number of nitrogens with zero attached hydrogens (tertiary/aromatic N) is 1. The second-order valence-corrected chi connectivity index (χ2v) is 9.16. The smallest absolute Gasteiger partial charge is 0.255 e. The number of hydrogen-bond donors (Lipinski definition) is 1. The third-order valence-electron chi connectivity index (χ3n) is 6.99. The second kappa shape index (κ2) is 9.72. The molecule has 5 nitrogen and oxygen atoms in total. The Morgan fingerprint density at radius 2 is 1.53 bits per heavy atom. The maximum Gasteiger partial charge on any atom is 0.255 e. The topological polar surface area (TPSA) is 58.6 Å². The molecule has 2 amide bonds. The molecule has 1 N–H and O–H groups in total. The van der Waals surface area contributed by atoms with Crippen LogP contribution in [0.4, 0.5) is 0 Å². The Hall–Kier alpha value is -3.60. The van der Waals surface area contributed by atoms with E-state index in [1.807, 2.05) is 72.8 Å². The number of methoxy groups -OCH3 is 1. The lowest BCUT2D eigenvalue weighted by atomic mass is 9.92. The lowest BCUT2D eigenvalue weighted by molar-refractivity contribution is -0.127. The monoisotopic (exact) mass is 454 g/mol. The Morgan fingerprint density at radius 3 is 2.24 bits per heavy atom. The van der Waals surface area contributed by atoms with Gasteiger partial charge >= 0.3 is 0 Å². The van der Waals surface area contributed by atoms with Crippen molar-refractivity contribution in [3.8, 4) is 16.9 Å². The molecular formula is C29H30N2O3. The summed E-state index contributed by atoms with van der Waals surface area (Å²) in [6.07, 6.45) is 5.47. The lowest BCUT2D eigenvalue weighted by Crippen LogP contribution is -2.46. The molecule has 0 spiro atoms. The summed E-state index contributed by atoms with van der Waals surface area (Å²) in [5, 5.41) is 3.29. The van der Waals surface area contributed by atoms with Gasteiger partial charge in [-0.3, -0.25) is 9.59 Å². The highest BCUT2D eigenvalue weighted by atomic mass is 16.5. The fourth-order valence-electron chi connectivity index (χ4n) is 5.23. The fraction of sp³-hybridized carbons (Fsp3) is 0.310. The highest BCUT2D eigenvalue weighted by molar-refractivity contribution is 6.05. The first kappa shape index (κ1) is 22.2. The SMILES string of the molecule is COc1ccc(CN2C(=O)c3ccccc3-c3ccccc3C2C(=O)NC2CCCCC2)cc1. The van der Waals surface area contributed by atoms with E-state index in [1.54, 1.807) is 12.0 Å². The fourth-order valence-corrected chi connectivity index (χ4v) is 5.23. The summed E-state index contributed by atoms with van der Waals surface area (Å²) in [5.41, 5.74) is 4.24. The average molecular weight is 455 g/mol. The van der Waals surface area contributed by atoms with Gasteiger partial charge in [-0.25, -0.2) is 0 Å². The van der Waals surface area contributed by atoms with Crippen molar-refractivity contribution in [3.05, 3.63) is 89.5 Å². The average Bonchev–Trinajstić information content (AvgIpc) is 2.98. The normalized spacial score (nSPS) is 18.0. The van der Waals surface area contributed by atoms with E-state index in [4.69, 9.17) is 4.74 Å². The summed E-state index contributed by atoms with van der Waals surface area (Å²) >= 11 is 0. The van der Waals surface area contributed by atoms with Gasteiger partial charge in [-0.05, 0) is 53.3 Å². The molecule has 174 valence electrons. The van der Waals surface area contributed by atoms with E-state index in [9.17, 15) is 9.59 Å². The predicted octanol–water partition coefficient (Wildman–Crippen LogP) is 5.51. The molecule has 5 rings (SSSR count). The van der Waals surface area contributed by atoms with Gasteiger partial charge in [0.25, 0.3) is 5.91 Å². The Kier molecular flexibility index (Phi) is 6.35. The van der Waals surface area contributed by atoms with Gasteiger partial charge in [-0.2, -0.15) is 0 Å². The number of amides is 2. The van der Waals surface area contributed by atoms with Crippen molar-refractivity contribution in [1.29, 1.82) is 0 Å². The van der Waals surface area contributed by atoms with Crippen LogP contribution in [0.15, 0.2) is 72.8 Å². The van der Waals surface area contributed by atoms with E-state index in [0.717, 1.165) is 53.7 Å². The van der Waals surface area contributed by atoms with Gasteiger partial charge in [0.1, 0.15) is 11.8 Å². The highest BCUT2D eigenvalue weighted by Gasteiger charge is 2.38. The van der Waals surface area contributed by atoms with Crippen molar-refractivity contribution in [2.45, 2.75) is 50.7 Å². The van der Waals surface area contributed by atoms with E-state index in [1.165, 1.54) is 6.42 Å². The van der Waals surface area contributed by atoms with Crippen molar-refractivity contribution in [2.75, 3.05) is 7.11 Å². The Labute approximate surface area is 200 Å². The first-order valence-corrected chi connectivity index (χ1v) is 12.1. The summed E-state index contributed by atoms with van der Waals surface area (Å²) in [6.45, 7) is 0.328. The van der Waals surface area contributed by atoms with Crippen LogP contribution >= 0.6 is 0 Å². The summed E-state index contributed by atoms with van der Waals surface area (Å²) in [4.78, 5) is 29.5. The minimum atomic E-state index is -0.708. The van der Waals surface area contributed by atoms with E-state index in [2.05, 4.69) is 5.32 Å². The van der Waals surface area contributed by atoms with Gasteiger partial charge in [0.05, 0.1) is 7.11 Å². The molecule has 5 heteroatoms. The Morgan fingerprint density at radius 1 is 0.882 bits per heavy atom. The molecule has 0 saturated heterocycles. The van der Waals surface area contributed by atoms with Gasteiger partial charge in [-0.15, -0.1) is 0 Å². The Balaban J connectivity index is 1.59. The van der Waals surface area contributed by atoms with E-state index >= 15 is 0 Å². The molecule has 2 aliphatic rings. The highest BCUT2D eigenvalue weighted by Crippen LogP contribution is 2.39. The van der Waals surface area contributed by atoms with Gasteiger partial charge in [0.2, 0.25) is 5.91 Å². The number of carbonyl (C=O) groups excluding carboxylic acids is 2. The van der Waals surface area contributed by atoms with Crippen molar-refractivity contribution < 1.29 is 14.3 Å². The van der Waals surface area contributed by atoms with Crippen LogP contribution in [0.1, 0.15) is 59.6 Å². The standard InChI is InChI=1S/C29H30N2O3/c1-34-22-17-15-20(16-18-22)19-31-27(28(32)30-21-9-3-2-4-10-21)25-13-7-5-11-23(25)24-12-6-8-14-26(24)29(31)33/h5-8,11-18,21,27H,2-4,9-10,19H2,1H3,(H,30,32). The summed E-state index contributed by atoms with van der Waals surface area (Å²) in [5.74, 6) is 0.522. The van der Waals surface area contributed by atoms with E-state index in [-0.39, 0.29) is 17.9 Å². The molecule has 0 radical (unpaired) electrons. The maximum atomic E-state index is 14.0. The molecule has 1 aliphatic carbocycles. The molecule has 0 aromatic heterocycles. The molecule has 3 aromatic rings. The number of rotatable bonds is 5. The zero-order valence-corrected chi connectivity index (χ0v) is 19.5. The quantitative estimate of drug-likeness (QED) is 0.553. The molecule has 1 heterocycles. The molecule has 3 aromatic carbocycles. The first-order valence-electron chi connectivity index (χ1n) is 12.1. The molecular weight excluding hydrogens is 424 g/mol. The second-order valence-electron chi connectivity index (χ2n) is 9.16.